The van der Waals surface area contributed by atoms with Gasteiger partial charge in [0, 0.05) is 34.4 Å². The van der Waals surface area contributed by atoms with Crippen LogP contribution in [-0.2, 0) is 6.54 Å². The molecule has 0 bridgehead atoms. The monoisotopic (exact) mass is 368 g/mol. The first-order chi connectivity index (χ1) is 11.8. The van der Waals surface area contributed by atoms with Crippen LogP contribution in [0.25, 0.3) is 0 Å². The predicted octanol–water partition coefficient (Wildman–Crippen LogP) is 4.69. The molecule has 7 heteroatoms. The summed E-state index contributed by atoms with van der Waals surface area (Å²) in [7, 11) is 0. The molecular weight excluding hydrogens is 350 g/mol. The molecule has 2 aromatic rings. The van der Waals surface area contributed by atoms with Gasteiger partial charge in [-0.15, -0.1) is 0 Å². The van der Waals surface area contributed by atoms with E-state index in [4.69, 9.17) is 11.6 Å². The fraction of sp³-hybridized carbons (Fsp3) is 0.278. The van der Waals surface area contributed by atoms with Crippen molar-refractivity contribution in [3.8, 4) is 5.75 Å². The van der Waals surface area contributed by atoms with E-state index in [0.717, 1.165) is 5.69 Å². The summed E-state index contributed by atoms with van der Waals surface area (Å²) in [5.74, 6) is -0.0798. The van der Waals surface area contributed by atoms with Crippen LogP contribution < -0.4 is 15.4 Å². The highest BCUT2D eigenvalue weighted by Gasteiger charge is 2.11. The summed E-state index contributed by atoms with van der Waals surface area (Å²) in [5.41, 5.74) is 1.79. The van der Waals surface area contributed by atoms with E-state index in [-0.39, 0.29) is 24.2 Å². The number of amides is 1. The van der Waals surface area contributed by atoms with Gasteiger partial charge in [0.2, 0.25) is 0 Å². The normalized spacial score (nSPS) is 10.8. The third-order valence-corrected chi connectivity index (χ3v) is 3.52. The minimum Gasteiger partial charge on any atom is -0.434 e. The Balaban J connectivity index is 2.04. The molecular formula is C18H19ClF2N2O2. The molecule has 134 valence electrons. The molecule has 0 saturated carbocycles. The third-order valence-electron chi connectivity index (χ3n) is 3.29. The summed E-state index contributed by atoms with van der Waals surface area (Å²) in [6.07, 6.45) is 0. The van der Waals surface area contributed by atoms with Crippen molar-refractivity contribution in [1.82, 2.24) is 5.32 Å². The highest BCUT2D eigenvalue weighted by molar-refractivity contribution is 6.30. The SMILES string of the molecule is CC(C)NC(=O)c1ccc(NCc2cc(Cl)ccc2OC(F)F)cc1. The summed E-state index contributed by atoms with van der Waals surface area (Å²) in [4.78, 5) is 11.9. The first-order valence-electron chi connectivity index (χ1n) is 7.73. The Bertz CT molecular complexity index is 722. The quantitative estimate of drug-likeness (QED) is 0.745. The average molecular weight is 369 g/mol. The largest absolute Gasteiger partial charge is 0.434 e. The fourth-order valence-corrected chi connectivity index (χ4v) is 2.37. The van der Waals surface area contributed by atoms with Crippen molar-refractivity contribution < 1.29 is 18.3 Å². The molecule has 4 nitrogen and oxygen atoms in total. The van der Waals surface area contributed by atoms with Crippen molar-refractivity contribution in [1.29, 1.82) is 0 Å². The van der Waals surface area contributed by atoms with Crippen LogP contribution in [0.1, 0.15) is 29.8 Å². The van der Waals surface area contributed by atoms with Gasteiger partial charge in [-0.1, -0.05) is 11.6 Å². The van der Waals surface area contributed by atoms with Crippen LogP contribution in [0.15, 0.2) is 42.5 Å². The van der Waals surface area contributed by atoms with Crippen molar-refractivity contribution in [3.63, 3.8) is 0 Å². The Morgan fingerprint density at radius 3 is 2.44 bits per heavy atom. The Hall–Kier alpha value is -2.34. The predicted molar refractivity (Wildman–Crippen MR) is 94.5 cm³/mol. The zero-order chi connectivity index (χ0) is 18.4. The molecule has 0 unspecified atom stereocenters. The Morgan fingerprint density at radius 2 is 1.84 bits per heavy atom. The Labute approximate surface area is 150 Å². The summed E-state index contributed by atoms with van der Waals surface area (Å²) < 4.78 is 29.4. The zero-order valence-corrected chi connectivity index (χ0v) is 14.6. The molecule has 0 aliphatic heterocycles. The van der Waals surface area contributed by atoms with Gasteiger partial charge in [-0.2, -0.15) is 8.78 Å². The van der Waals surface area contributed by atoms with Gasteiger partial charge < -0.3 is 15.4 Å². The number of halogens is 3. The maximum Gasteiger partial charge on any atom is 0.387 e. The molecule has 0 aliphatic rings. The van der Waals surface area contributed by atoms with Gasteiger partial charge in [-0.05, 0) is 56.3 Å². The molecule has 0 heterocycles. The van der Waals surface area contributed by atoms with Gasteiger partial charge in [0.15, 0.2) is 0 Å². The van der Waals surface area contributed by atoms with Crippen molar-refractivity contribution in [2.75, 3.05) is 5.32 Å². The van der Waals surface area contributed by atoms with Crippen LogP contribution in [0, 0.1) is 0 Å². The van der Waals surface area contributed by atoms with Crippen molar-refractivity contribution in [2.24, 2.45) is 0 Å². The van der Waals surface area contributed by atoms with E-state index in [2.05, 4.69) is 15.4 Å². The summed E-state index contributed by atoms with van der Waals surface area (Å²) in [5, 5.41) is 6.33. The number of nitrogens with one attached hydrogen (secondary N) is 2. The highest BCUT2D eigenvalue weighted by Crippen LogP contribution is 2.25. The standard InChI is InChI=1S/C18H19ClF2N2O2/c1-11(2)23-17(24)12-3-6-15(7-4-12)22-10-13-9-14(19)5-8-16(13)25-18(20)21/h3-9,11,18,22H,10H2,1-2H3,(H,23,24). The van der Waals surface area contributed by atoms with Crippen molar-refractivity contribution >= 4 is 23.2 Å². The van der Waals surface area contributed by atoms with Crippen LogP contribution in [0.5, 0.6) is 5.75 Å². The minimum absolute atomic E-state index is 0.0568. The maximum atomic E-state index is 12.5. The van der Waals surface area contributed by atoms with E-state index in [9.17, 15) is 13.6 Å². The average Bonchev–Trinajstić information content (AvgIpc) is 2.54. The molecule has 0 radical (unpaired) electrons. The van der Waals surface area contributed by atoms with E-state index in [1.807, 2.05) is 13.8 Å². The first-order valence-corrected chi connectivity index (χ1v) is 8.11. The first kappa shape index (κ1) is 19.0. The van der Waals surface area contributed by atoms with Gasteiger partial charge in [0.25, 0.3) is 5.91 Å². The molecule has 0 fully saturated rings. The summed E-state index contributed by atoms with van der Waals surface area (Å²) in [6, 6.07) is 11.4. The van der Waals surface area contributed by atoms with Gasteiger partial charge in [-0.3, -0.25) is 4.79 Å². The Morgan fingerprint density at radius 1 is 1.16 bits per heavy atom. The van der Waals surface area contributed by atoms with Crippen LogP contribution >= 0.6 is 11.6 Å². The van der Waals surface area contributed by atoms with Gasteiger partial charge >= 0.3 is 6.61 Å². The summed E-state index contributed by atoms with van der Waals surface area (Å²) in [6.45, 7) is 1.12. The van der Waals surface area contributed by atoms with Gasteiger partial charge in [-0.25, -0.2) is 0 Å². The minimum atomic E-state index is -2.90. The zero-order valence-electron chi connectivity index (χ0n) is 13.9. The van der Waals surface area contributed by atoms with E-state index >= 15 is 0 Å². The topological polar surface area (TPSA) is 50.4 Å². The van der Waals surface area contributed by atoms with Crippen molar-refractivity contribution in [2.45, 2.75) is 33.0 Å². The molecule has 2 N–H and O–H groups in total. The number of rotatable bonds is 7. The molecule has 2 rings (SSSR count). The van der Waals surface area contributed by atoms with E-state index < -0.39 is 6.61 Å². The fourth-order valence-electron chi connectivity index (χ4n) is 2.18. The number of benzene rings is 2. The Kier molecular flexibility index (Phi) is 6.58. The second-order valence-corrected chi connectivity index (χ2v) is 6.13. The van der Waals surface area contributed by atoms with Gasteiger partial charge in [0.1, 0.15) is 5.75 Å². The number of carbonyl (C=O) groups excluding carboxylic acids is 1. The molecule has 25 heavy (non-hydrogen) atoms. The number of anilines is 1. The molecule has 0 aromatic heterocycles. The number of carbonyl (C=O) groups is 1. The molecule has 2 aromatic carbocycles. The van der Waals surface area contributed by atoms with E-state index in [1.165, 1.54) is 12.1 Å². The molecule has 1 amide bonds. The maximum absolute atomic E-state index is 12.5. The van der Waals surface area contributed by atoms with Crippen LogP contribution in [0.4, 0.5) is 14.5 Å². The third kappa shape index (κ3) is 5.90. The van der Waals surface area contributed by atoms with Crippen LogP contribution in [0.3, 0.4) is 0 Å². The molecule has 0 saturated heterocycles. The van der Waals surface area contributed by atoms with E-state index in [1.54, 1.807) is 30.3 Å². The van der Waals surface area contributed by atoms with E-state index in [0.29, 0.717) is 16.1 Å². The lowest BCUT2D eigenvalue weighted by atomic mass is 10.1. The number of hydrogen-bond donors (Lipinski definition) is 2. The lowest BCUT2D eigenvalue weighted by Crippen LogP contribution is -2.29. The van der Waals surface area contributed by atoms with Crippen LogP contribution in [0.2, 0.25) is 5.02 Å². The second kappa shape index (κ2) is 8.67. The van der Waals surface area contributed by atoms with Crippen molar-refractivity contribution in [3.05, 3.63) is 58.6 Å². The lowest BCUT2D eigenvalue weighted by Gasteiger charge is -2.13. The smallest absolute Gasteiger partial charge is 0.387 e. The lowest BCUT2D eigenvalue weighted by molar-refractivity contribution is -0.0504. The van der Waals surface area contributed by atoms with Crippen LogP contribution in [-0.4, -0.2) is 18.6 Å². The molecule has 0 spiro atoms. The second-order valence-electron chi connectivity index (χ2n) is 5.69. The number of ether oxygens (including phenoxy) is 1. The number of hydrogen-bond acceptors (Lipinski definition) is 3. The highest BCUT2D eigenvalue weighted by atomic mass is 35.5. The molecule has 0 atom stereocenters. The number of alkyl halides is 2. The summed E-state index contributed by atoms with van der Waals surface area (Å²) >= 11 is 5.92. The van der Waals surface area contributed by atoms with Gasteiger partial charge in [0.05, 0.1) is 0 Å². The molecule has 0 aliphatic carbocycles.